The standard InChI is InChI=1S/C14H13FN2O2S/c1-9(18)20-8-10-4-14(19)17(7-10)12-3-2-11(6-16)13(15)5-12/h2-3,5,10H,4,7-8H2,1H3. The van der Waals surface area contributed by atoms with Gasteiger partial charge in [-0.15, -0.1) is 0 Å². The molecule has 20 heavy (non-hydrogen) atoms. The van der Waals surface area contributed by atoms with E-state index in [0.29, 0.717) is 24.4 Å². The Balaban J connectivity index is 2.10. The Hall–Kier alpha value is -1.87. The molecule has 0 N–H and O–H groups in total. The fourth-order valence-electron chi connectivity index (χ4n) is 2.14. The Morgan fingerprint density at radius 3 is 2.95 bits per heavy atom. The summed E-state index contributed by atoms with van der Waals surface area (Å²) in [5.41, 5.74) is 0.422. The van der Waals surface area contributed by atoms with Gasteiger partial charge in [0.05, 0.1) is 5.56 Å². The second-order valence-electron chi connectivity index (χ2n) is 4.65. The highest BCUT2D eigenvalue weighted by Crippen LogP contribution is 2.28. The normalized spacial score (nSPS) is 18.1. The third kappa shape index (κ3) is 3.17. The van der Waals surface area contributed by atoms with Gasteiger partial charge in [0, 0.05) is 31.3 Å². The average molecular weight is 292 g/mol. The lowest BCUT2D eigenvalue weighted by Gasteiger charge is -2.16. The van der Waals surface area contributed by atoms with Crippen LogP contribution in [0.4, 0.5) is 10.1 Å². The number of anilines is 1. The van der Waals surface area contributed by atoms with Crippen molar-refractivity contribution in [2.24, 2.45) is 5.92 Å². The third-order valence-corrected chi connectivity index (χ3v) is 4.16. The van der Waals surface area contributed by atoms with Gasteiger partial charge in [0.25, 0.3) is 0 Å². The van der Waals surface area contributed by atoms with Crippen LogP contribution < -0.4 is 4.90 Å². The van der Waals surface area contributed by atoms with Crippen LogP contribution in [-0.2, 0) is 9.59 Å². The van der Waals surface area contributed by atoms with E-state index >= 15 is 0 Å². The maximum absolute atomic E-state index is 13.6. The average Bonchev–Trinajstić information content (AvgIpc) is 2.77. The fourth-order valence-corrected chi connectivity index (χ4v) is 2.83. The van der Waals surface area contributed by atoms with Gasteiger partial charge in [-0.05, 0) is 24.1 Å². The van der Waals surface area contributed by atoms with Crippen LogP contribution in [0.25, 0.3) is 0 Å². The summed E-state index contributed by atoms with van der Waals surface area (Å²) in [6.45, 7) is 1.97. The van der Waals surface area contributed by atoms with Gasteiger partial charge in [0.2, 0.25) is 5.91 Å². The highest BCUT2D eigenvalue weighted by atomic mass is 32.2. The van der Waals surface area contributed by atoms with Crippen LogP contribution in [0.1, 0.15) is 18.9 Å². The zero-order valence-corrected chi connectivity index (χ0v) is 11.7. The number of nitrogens with zero attached hydrogens (tertiary/aromatic N) is 2. The minimum Gasteiger partial charge on any atom is -0.312 e. The van der Waals surface area contributed by atoms with E-state index in [1.165, 1.54) is 35.7 Å². The lowest BCUT2D eigenvalue weighted by Crippen LogP contribution is -2.24. The van der Waals surface area contributed by atoms with E-state index in [9.17, 15) is 14.0 Å². The molecule has 4 nitrogen and oxygen atoms in total. The molecule has 1 heterocycles. The quantitative estimate of drug-likeness (QED) is 0.858. The predicted octanol–water partition coefficient (Wildman–Crippen LogP) is 2.33. The molecule has 0 bridgehead atoms. The highest BCUT2D eigenvalue weighted by molar-refractivity contribution is 8.13. The van der Waals surface area contributed by atoms with Gasteiger partial charge >= 0.3 is 0 Å². The van der Waals surface area contributed by atoms with Gasteiger partial charge in [0.15, 0.2) is 5.12 Å². The maximum Gasteiger partial charge on any atom is 0.227 e. The van der Waals surface area contributed by atoms with Crippen molar-refractivity contribution in [3.63, 3.8) is 0 Å². The molecular formula is C14H13FN2O2S. The minimum atomic E-state index is -0.626. The zero-order chi connectivity index (χ0) is 14.7. The van der Waals surface area contributed by atoms with Gasteiger partial charge in [0.1, 0.15) is 11.9 Å². The molecule has 1 aromatic carbocycles. The summed E-state index contributed by atoms with van der Waals surface area (Å²) in [6.07, 6.45) is 0.363. The van der Waals surface area contributed by atoms with Gasteiger partial charge in [-0.3, -0.25) is 9.59 Å². The molecule has 104 valence electrons. The number of thioether (sulfide) groups is 1. The highest BCUT2D eigenvalue weighted by Gasteiger charge is 2.31. The lowest BCUT2D eigenvalue weighted by molar-refractivity contribution is -0.117. The van der Waals surface area contributed by atoms with Gasteiger partial charge in [-0.25, -0.2) is 4.39 Å². The van der Waals surface area contributed by atoms with E-state index in [0.717, 1.165) is 0 Å². The van der Waals surface area contributed by atoms with E-state index in [4.69, 9.17) is 5.26 Å². The van der Waals surface area contributed by atoms with Crippen LogP contribution >= 0.6 is 11.8 Å². The number of rotatable bonds is 3. The molecular weight excluding hydrogens is 279 g/mol. The Kier molecular flexibility index (Phi) is 4.40. The smallest absolute Gasteiger partial charge is 0.227 e. The third-order valence-electron chi connectivity index (χ3n) is 3.11. The summed E-state index contributed by atoms with van der Waals surface area (Å²) < 4.78 is 13.6. The first kappa shape index (κ1) is 14.5. The minimum absolute atomic E-state index is 0.0281. The van der Waals surface area contributed by atoms with E-state index in [2.05, 4.69) is 0 Å². The van der Waals surface area contributed by atoms with E-state index in [1.807, 2.05) is 0 Å². The fraction of sp³-hybridized carbons (Fsp3) is 0.357. The molecule has 0 aliphatic carbocycles. The molecule has 0 aromatic heterocycles. The number of halogens is 1. The molecule has 1 amide bonds. The van der Waals surface area contributed by atoms with Crippen LogP contribution in [-0.4, -0.2) is 23.3 Å². The number of hydrogen-bond donors (Lipinski definition) is 0. The monoisotopic (exact) mass is 292 g/mol. The first-order chi connectivity index (χ1) is 9.51. The van der Waals surface area contributed by atoms with Crippen molar-refractivity contribution in [3.8, 4) is 6.07 Å². The van der Waals surface area contributed by atoms with E-state index in [1.54, 1.807) is 12.1 Å². The van der Waals surface area contributed by atoms with Crippen molar-refractivity contribution < 1.29 is 14.0 Å². The molecule has 0 saturated carbocycles. The summed E-state index contributed by atoms with van der Waals surface area (Å²) >= 11 is 1.20. The molecule has 1 aromatic rings. The molecule has 1 aliphatic heterocycles. The van der Waals surface area contributed by atoms with E-state index in [-0.39, 0.29) is 22.5 Å². The second kappa shape index (κ2) is 6.06. The van der Waals surface area contributed by atoms with Crippen LogP contribution in [0, 0.1) is 23.1 Å². The second-order valence-corrected chi connectivity index (χ2v) is 5.85. The molecule has 6 heteroatoms. The Morgan fingerprint density at radius 2 is 2.35 bits per heavy atom. The molecule has 1 unspecified atom stereocenters. The summed E-state index contributed by atoms with van der Waals surface area (Å²) in [5.74, 6) is -0.0196. The molecule has 1 atom stereocenters. The summed E-state index contributed by atoms with van der Waals surface area (Å²) in [7, 11) is 0. The number of carbonyl (C=O) groups is 2. The number of nitriles is 1. The number of carbonyl (C=O) groups excluding carboxylic acids is 2. The van der Waals surface area contributed by atoms with E-state index < -0.39 is 5.82 Å². The van der Waals surface area contributed by atoms with Crippen molar-refractivity contribution in [1.82, 2.24) is 0 Å². The molecule has 2 rings (SSSR count). The molecule has 0 radical (unpaired) electrons. The maximum atomic E-state index is 13.6. The first-order valence-electron chi connectivity index (χ1n) is 6.14. The summed E-state index contributed by atoms with van der Waals surface area (Å²) in [5, 5.41) is 8.71. The van der Waals surface area contributed by atoms with Crippen molar-refractivity contribution in [1.29, 1.82) is 5.26 Å². The summed E-state index contributed by atoms with van der Waals surface area (Å²) in [4.78, 5) is 24.4. The zero-order valence-electron chi connectivity index (χ0n) is 10.9. The van der Waals surface area contributed by atoms with Crippen LogP contribution in [0.3, 0.4) is 0 Å². The van der Waals surface area contributed by atoms with Crippen LogP contribution in [0.2, 0.25) is 0 Å². The summed E-state index contributed by atoms with van der Waals surface area (Å²) in [6, 6.07) is 5.89. The lowest BCUT2D eigenvalue weighted by atomic mass is 10.1. The van der Waals surface area contributed by atoms with Crippen LogP contribution in [0.15, 0.2) is 18.2 Å². The van der Waals surface area contributed by atoms with Crippen molar-refractivity contribution in [3.05, 3.63) is 29.6 Å². The van der Waals surface area contributed by atoms with Gasteiger partial charge in [-0.2, -0.15) is 5.26 Å². The number of hydrogen-bond acceptors (Lipinski definition) is 4. The van der Waals surface area contributed by atoms with Gasteiger partial charge < -0.3 is 4.90 Å². The predicted molar refractivity (Wildman–Crippen MR) is 74.7 cm³/mol. The van der Waals surface area contributed by atoms with Gasteiger partial charge in [-0.1, -0.05) is 11.8 Å². The first-order valence-corrected chi connectivity index (χ1v) is 7.13. The van der Waals surface area contributed by atoms with Crippen molar-refractivity contribution in [2.75, 3.05) is 17.2 Å². The Bertz CT molecular complexity index is 597. The molecule has 1 fully saturated rings. The molecule has 1 saturated heterocycles. The topological polar surface area (TPSA) is 61.2 Å². The molecule has 0 spiro atoms. The van der Waals surface area contributed by atoms with Crippen molar-refractivity contribution >= 4 is 28.5 Å². The molecule has 1 aliphatic rings. The van der Waals surface area contributed by atoms with Crippen molar-refractivity contribution in [2.45, 2.75) is 13.3 Å². The Morgan fingerprint density at radius 1 is 1.60 bits per heavy atom. The largest absolute Gasteiger partial charge is 0.312 e. The number of benzene rings is 1. The van der Waals surface area contributed by atoms with Crippen LogP contribution in [0.5, 0.6) is 0 Å². The number of amides is 1. The SMILES string of the molecule is CC(=O)SCC1CC(=O)N(c2ccc(C#N)c(F)c2)C1. The Labute approximate surface area is 120 Å².